The fraction of sp³-hybridized carbons (Fsp3) is 0.333. The average molecular weight is 365 g/mol. The first-order chi connectivity index (χ1) is 12.1. The van der Waals surface area contributed by atoms with Crippen LogP contribution < -0.4 is 10.1 Å². The van der Waals surface area contributed by atoms with Gasteiger partial charge in [-0.25, -0.2) is 9.50 Å². The van der Waals surface area contributed by atoms with Crippen LogP contribution in [-0.4, -0.2) is 48.4 Å². The highest BCUT2D eigenvalue weighted by atomic mass is 35.5. The Bertz CT molecular complexity index is 891. The Kier molecular flexibility index (Phi) is 5.03. The molecule has 25 heavy (non-hydrogen) atoms. The van der Waals surface area contributed by atoms with E-state index < -0.39 is 5.97 Å². The molecule has 0 spiro atoms. The third-order valence-corrected chi connectivity index (χ3v) is 3.80. The Morgan fingerprint density at radius 3 is 3.12 bits per heavy atom. The van der Waals surface area contributed by atoms with E-state index in [9.17, 15) is 4.79 Å². The zero-order valence-electron chi connectivity index (χ0n) is 13.5. The van der Waals surface area contributed by atoms with Gasteiger partial charge in [-0.2, -0.15) is 10.2 Å². The van der Waals surface area contributed by atoms with Crippen molar-refractivity contribution in [3.05, 3.63) is 29.8 Å². The van der Waals surface area contributed by atoms with Gasteiger partial charge in [0.05, 0.1) is 24.9 Å². The molecule has 0 bridgehead atoms. The maximum Gasteiger partial charge on any atom is 0.309 e. The number of aromatic nitrogens is 5. The predicted molar refractivity (Wildman–Crippen MR) is 91.8 cm³/mol. The van der Waals surface area contributed by atoms with Gasteiger partial charge in [-0.1, -0.05) is 0 Å². The van der Waals surface area contributed by atoms with Gasteiger partial charge < -0.3 is 15.2 Å². The van der Waals surface area contributed by atoms with Crippen LogP contribution in [0, 0.1) is 6.92 Å². The first kappa shape index (κ1) is 17.0. The summed E-state index contributed by atoms with van der Waals surface area (Å²) in [6.45, 7) is 2.44. The zero-order chi connectivity index (χ0) is 17.8. The van der Waals surface area contributed by atoms with Gasteiger partial charge in [0.1, 0.15) is 23.4 Å². The number of anilines is 2. The molecule has 3 N–H and O–H groups in total. The number of halogens is 1. The Morgan fingerprint density at radius 2 is 2.36 bits per heavy atom. The molecule has 132 valence electrons. The molecule has 0 aromatic carbocycles. The second kappa shape index (κ2) is 7.39. The summed E-state index contributed by atoms with van der Waals surface area (Å²) < 4.78 is 7.40. The molecule has 0 aliphatic heterocycles. The van der Waals surface area contributed by atoms with Gasteiger partial charge in [-0.3, -0.25) is 9.89 Å². The maximum atomic E-state index is 10.7. The molecule has 9 nitrogen and oxygen atoms in total. The summed E-state index contributed by atoms with van der Waals surface area (Å²) in [6, 6.07) is 1.63. The zero-order valence-corrected chi connectivity index (χ0v) is 14.2. The van der Waals surface area contributed by atoms with E-state index in [-0.39, 0.29) is 6.42 Å². The normalized spacial score (nSPS) is 11.0. The van der Waals surface area contributed by atoms with Crippen LogP contribution in [0.15, 0.2) is 18.6 Å². The lowest BCUT2D eigenvalue weighted by Gasteiger charge is -2.05. The highest BCUT2D eigenvalue weighted by molar-refractivity contribution is 6.17. The van der Waals surface area contributed by atoms with E-state index in [1.165, 1.54) is 6.33 Å². The van der Waals surface area contributed by atoms with Crippen LogP contribution in [-0.2, 0) is 11.2 Å². The SMILES string of the molecule is Cc1c(OCCCCl)cn2ncnc(Nc3cc(CC(=O)O)n[nH]3)c12. The van der Waals surface area contributed by atoms with Crippen molar-refractivity contribution in [1.82, 2.24) is 24.8 Å². The number of hydrogen-bond acceptors (Lipinski definition) is 6. The molecule has 3 rings (SSSR count). The number of rotatable bonds is 8. The van der Waals surface area contributed by atoms with Crippen molar-refractivity contribution in [3.8, 4) is 5.75 Å². The number of nitrogens with one attached hydrogen (secondary N) is 2. The molecule has 3 aromatic heterocycles. The molecule has 0 saturated heterocycles. The van der Waals surface area contributed by atoms with Crippen molar-refractivity contribution in [2.24, 2.45) is 0 Å². The molecule has 0 aliphatic carbocycles. The number of alkyl halides is 1. The Morgan fingerprint density at radius 1 is 1.52 bits per heavy atom. The standard InChI is InChI=1S/C15H17ClN6O3/c1-9-11(25-4-2-3-16)7-22-14(9)15(17-8-18-22)19-12-5-10(20-21-12)6-13(23)24/h5,7-8H,2-4,6H2,1H3,(H,23,24)(H2,17,18,19,20,21). The minimum absolute atomic E-state index is 0.153. The van der Waals surface area contributed by atoms with Crippen LogP contribution in [0.1, 0.15) is 17.7 Å². The average Bonchev–Trinajstić information content (AvgIpc) is 3.13. The number of nitrogens with zero attached hydrogens (tertiary/aromatic N) is 4. The van der Waals surface area contributed by atoms with E-state index in [0.29, 0.717) is 35.6 Å². The maximum absolute atomic E-state index is 10.7. The largest absolute Gasteiger partial charge is 0.492 e. The summed E-state index contributed by atoms with van der Waals surface area (Å²) in [5.41, 5.74) is 2.08. The topological polar surface area (TPSA) is 117 Å². The molecule has 0 fully saturated rings. The number of hydrogen-bond donors (Lipinski definition) is 3. The van der Waals surface area contributed by atoms with Crippen LogP contribution in [0.2, 0.25) is 0 Å². The minimum Gasteiger partial charge on any atom is -0.492 e. The number of fused-ring (bicyclic) bond motifs is 1. The van der Waals surface area contributed by atoms with Gasteiger partial charge in [0.15, 0.2) is 5.82 Å². The predicted octanol–water partition coefficient (Wildman–Crippen LogP) is 2.14. The summed E-state index contributed by atoms with van der Waals surface area (Å²) >= 11 is 5.67. The molecule has 0 saturated carbocycles. The Hall–Kier alpha value is -2.81. The molecule has 10 heteroatoms. The fourth-order valence-corrected chi connectivity index (χ4v) is 2.52. The van der Waals surface area contributed by atoms with E-state index in [1.54, 1.807) is 16.8 Å². The van der Waals surface area contributed by atoms with Crippen LogP contribution in [0.4, 0.5) is 11.6 Å². The second-order valence-corrected chi connectivity index (χ2v) is 5.76. The lowest BCUT2D eigenvalue weighted by Crippen LogP contribution is -2.00. The molecule has 0 aliphatic rings. The fourth-order valence-electron chi connectivity index (χ4n) is 2.41. The third-order valence-electron chi connectivity index (χ3n) is 3.53. The van der Waals surface area contributed by atoms with Gasteiger partial charge in [-0.05, 0) is 13.3 Å². The van der Waals surface area contributed by atoms with E-state index in [4.69, 9.17) is 21.4 Å². The molecule has 0 radical (unpaired) electrons. The van der Waals surface area contributed by atoms with Crippen LogP contribution in [0.5, 0.6) is 5.75 Å². The molecule has 0 unspecified atom stereocenters. The van der Waals surface area contributed by atoms with E-state index in [1.807, 2.05) is 6.92 Å². The van der Waals surface area contributed by atoms with Crippen molar-refractivity contribution in [2.75, 3.05) is 17.8 Å². The van der Waals surface area contributed by atoms with Crippen LogP contribution in [0.25, 0.3) is 5.52 Å². The molecule has 3 aromatic rings. The number of ether oxygens (including phenoxy) is 1. The Labute approximate surface area is 148 Å². The van der Waals surface area contributed by atoms with Crippen molar-refractivity contribution >= 4 is 34.7 Å². The van der Waals surface area contributed by atoms with E-state index in [0.717, 1.165) is 17.5 Å². The summed E-state index contributed by atoms with van der Waals surface area (Å²) in [6.07, 6.45) is 3.81. The number of aryl methyl sites for hydroxylation is 1. The van der Waals surface area contributed by atoms with Crippen molar-refractivity contribution in [3.63, 3.8) is 0 Å². The number of carboxylic acids is 1. The number of aromatic amines is 1. The third kappa shape index (κ3) is 3.82. The second-order valence-electron chi connectivity index (χ2n) is 5.38. The van der Waals surface area contributed by atoms with Gasteiger partial charge in [-0.15, -0.1) is 11.6 Å². The van der Waals surface area contributed by atoms with Gasteiger partial charge >= 0.3 is 5.97 Å². The number of carbonyl (C=O) groups is 1. The van der Waals surface area contributed by atoms with Gasteiger partial charge in [0.2, 0.25) is 0 Å². The monoisotopic (exact) mass is 364 g/mol. The number of H-pyrrole nitrogens is 1. The summed E-state index contributed by atoms with van der Waals surface area (Å²) in [4.78, 5) is 15.0. The lowest BCUT2D eigenvalue weighted by atomic mass is 10.3. The molecule has 3 heterocycles. The highest BCUT2D eigenvalue weighted by Gasteiger charge is 2.15. The number of carboxylic acid groups (broad SMARTS) is 1. The first-order valence-electron chi connectivity index (χ1n) is 7.63. The quantitative estimate of drug-likeness (QED) is 0.414. The van der Waals surface area contributed by atoms with E-state index in [2.05, 4.69) is 25.6 Å². The number of aliphatic carboxylic acids is 1. The van der Waals surface area contributed by atoms with Crippen LogP contribution >= 0.6 is 11.6 Å². The van der Waals surface area contributed by atoms with Crippen molar-refractivity contribution in [2.45, 2.75) is 19.8 Å². The molecular weight excluding hydrogens is 348 g/mol. The minimum atomic E-state index is -0.941. The van der Waals surface area contributed by atoms with Crippen molar-refractivity contribution in [1.29, 1.82) is 0 Å². The van der Waals surface area contributed by atoms with Gasteiger partial charge in [0, 0.05) is 17.5 Å². The summed E-state index contributed by atoms with van der Waals surface area (Å²) in [7, 11) is 0. The summed E-state index contributed by atoms with van der Waals surface area (Å²) in [5.74, 6) is 1.41. The molecule has 0 amide bonds. The smallest absolute Gasteiger partial charge is 0.309 e. The Balaban J connectivity index is 1.86. The highest BCUT2D eigenvalue weighted by Crippen LogP contribution is 2.29. The molecular formula is C15H17ClN6O3. The van der Waals surface area contributed by atoms with Crippen molar-refractivity contribution < 1.29 is 14.6 Å². The lowest BCUT2D eigenvalue weighted by molar-refractivity contribution is -0.136. The summed E-state index contributed by atoms with van der Waals surface area (Å²) in [5, 5.41) is 22.8. The van der Waals surface area contributed by atoms with E-state index >= 15 is 0 Å². The van der Waals surface area contributed by atoms with Crippen LogP contribution in [0.3, 0.4) is 0 Å². The molecule has 0 atom stereocenters. The van der Waals surface area contributed by atoms with Gasteiger partial charge in [0.25, 0.3) is 0 Å². The first-order valence-corrected chi connectivity index (χ1v) is 8.16.